The SMILES string of the molecule is CC(C)NC[C@@H](C(=O)N1CCN(c2ncnc3c2N(C)CC(=O)N3)C[C@@H]1C)c1ccc(Cl)cc1. The normalized spacial score (nSPS) is 19.2. The molecule has 1 fully saturated rings. The lowest BCUT2D eigenvalue weighted by Gasteiger charge is -2.43. The second kappa shape index (κ2) is 10.1. The van der Waals surface area contributed by atoms with Crippen molar-refractivity contribution < 1.29 is 9.59 Å². The van der Waals surface area contributed by atoms with E-state index >= 15 is 0 Å². The van der Waals surface area contributed by atoms with Crippen LogP contribution in [-0.2, 0) is 9.59 Å². The zero-order valence-electron chi connectivity index (χ0n) is 20.1. The summed E-state index contributed by atoms with van der Waals surface area (Å²) in [6.07, 6.45) is 1.48. The highest BCUT2D eigenvalue weighted by Gasteiger charge is 2.35. The minimum atomic E-state index is -0.290. The molecule has 0 spiro atoms. The summed E-state index contributed by atoms with van der Waals surface area (Å²) in [5.74, 6) is 1.03. The number of carbonyl (C=O) groups excluding carboxylic acids is 2. The van der Waals surface area contributed by atoms with Crippen LogP contribution in [0.1, 0.15) is 32.3 Å². The summed E-state index contributed by atoms with van der Waals surface area (Å²) in [6.45, 7) is 8.91. The van der Waals surface area contributed by atoms with Gasteiger partial charge in [0.2, 0.25) is 11.8 Å². The van der Waals surface area contributed by atoms with Gasteiger partial charge in [0, 0.05) is 50.3 Å². The largest absolute Gasteiger partial charge is 0.359 e. The van der Waals surface area contributed by atoms with Gasteiger partial charge in [-0.25, -0.2) is 9.97 Å². The Balaban J connectivity index is 1.52. The van der Waals surface area contributed by atoms with Crippen LogP contribution in [-0.4, -0.2) is 78.5 Å². The molecule has 182 valence electrons. The highest BCUT2D eigenvalue weighted by Crippen LogP contribution is 2.36. The molecule has 2 N–H and O–H groups in total. The second-order valence-corrected chi connectivity index (χ2v) is 9.73. The number of likely N-dealkylation sites (N-methyl/N-ethyl adjacent to an activating group) is 1. The molecule has 2 aliphatic heterocycles. The molecule has 0 aliphatic carbocycles. The number of aromatic nitrogens is 2. The van der Waals surface area contributed by atoms with Crippen molar-refractivity contribution in [2.45, 2.75) is 38.8 Å². The van der Waals surface area contributed by atoms with Gasteiger partial charge in [-0.3, -0.25) is 9.59 Å². The lowest BCUT2D eigenvalue weighted by Crippen LogP contribution is -2.56. The molecule has 1 aromatic carbocycles. The van der Waals surface area contributed by atoms with Gasteiger partial charge in [0.15, 0.2) is 11.6 Å². The molecule has 10 heteroatoms. The van der Waals surface area contributed by atoms with Gasteiger partial charge >= 0.3 is 0 Å². The number of carbonyl (C=O) groups is 2. The molecule has 34 heavy (non-hydrogen) atoms. The maximum Gasteiger partial charge on any atom is 0.245 e. The summed E-state index contributed by atoms with van der Waals surface area (Å²) < 4.78 is 0. The van der Waals surface area contributed by atoms with Crippen LogP contribution in [0.25, 0.3) is 0 Å². The van der Waals surface area contributed by atoms with Gasteiger partial charge in [-0.05, 0) is 24.6 Å². The number of benzene rings is 1. The van der Waals surface area contributed by atoms with E-state index in [-0.39, 0.29) is 36.4 Å². The third-order valence-corrected chi connectivity index (χ3v) is 6.59. The van der Waals surface area contributed by atoms with Crippen molar-refractivity contribution in [3.63, 3.8) is 0 Å². The van der Waals surface area contributed by atoms with E-state index in [9.17, 15) is 9.59 Å². The molecule has 0 unspecified atom stereocenters. The fraction of sp³-hybridized carbons (Fsp3) is 0.500. The van der Waals surface area contributed by atoms with Crippen molar-refractivity contribution in [1.29, 1.82) is 0 Å². The Kier molecular flexibility index (Phi) is 7.23. The van der Waals surface area contributed by atoms with E-state index in [4.69, 9.17) is 11.6 Å². The van der Waals surface area contributed by atoms with Gasteiger partial charge in [-0.1, -0.05) is 37.6 Å². The van der Waals surface area contributed by atoms with E-state index in [1.807, 2.05) is 41.1 Å². The van der Waals surface area contributed by atoms with Crippen molar-refractivity contribution in [1.82, 2.24) is 20.2 Å². The van der Waals surface area contributed by atoms with Crippen LogP contribution < -0.4 is 20.4 Å². The van der Waals surface area contributed by atoms with Crippen molar-refractivity contribution in [3.05, 3.63) is 41.2 Å². The summed E-state index contributed by atoms with van der Waals surface area (Å²) in [5.41, 5.74) is 1.77. The van der Waals surface area contributed by atoms with Crippen LogP contribution in [0.2, 0.25) is 5.02 Å². The third-order valence-electron chi connectivity index (χ3n) is 6.33. The molecule has 2 aromatic rings. The fourth-order valence-electron chi connectivity index (χ4n) is 4.58. The summed E-state index contributed by atoms with van der Waals surface area (Å²) in [5, 5.41) is 6.91. The predicted octanol–water partition coefficient (Wildman–Crippen LogP) is 2.34. The molecule has 1 saturated heterocycles. The van der Waals surface area contributed by atoms with E-state index in [1.165, 1.54) is 6.33 Å². The van der Waals surface area contributed by atoms with Crippen LogP contribution in [0, 0.1) is 0 Å². The Morgan fingerprint density at radius 3 is 2.65 bits per heavy atom. The van der Waals surface area contributed by atoms with Crippen LogP contribution in [0.3, 0.4) is 0 Å². The number of fused-ring (bicyclic) bond motifs is 1. The fourth-order valence-corrected chi connectivity index (χ4v) is 4.71. The maximum atomic E-state index is 13.7. The van der Waals surface area contributed by atoms with E-state index < -0.39 is 0 Å². The predicted molar refractivity (Wildman–Crippen MR) is 135 cm³/mol. The lowest BCUT2D eigenvalue weighted by molar-refractivity contribution is -0.135. The van der Waals surface area contributed by atoms with Crippen LogP contribution in [0.5, 0.6) is 0 Å². The van der Waals surface area contributed by atoms with Crippen LogP contribution >= 0.6 is 11.6 Å². The summed E-state index contributed by atoms with van der Waals surface area (Å²) in [7, 11) is 1.87. The molecular weight excluding hydrogens is 454 g/mol. The average molecular weight is 486 g/mol. The van der Waals surface area contributed by atoms with Crippen LogP contribution in [0.15, 0.2) is 30.6 Å². The molecule has 4 rings (SSSR count). The summed E-state index contributed by atoms with van der Waals surface area (Å²) >= 11 is 6.08. The molecule has 0 radical (unpaired) electrons. The van der Waals surface area contributed by atoms with Crippen molar-refractivity contribution in [2.24, 2.45) is 0 Å². The first-order chi connectivity index (χ1) is 16.2. The number of anilines is 3. The van der Waals surface area contributed by atoms with Gasteiger partial charge in [-0.15, -0.1) is 0 Å². The van der Waals surface area contributed by atoms with Crippen molar-refractivity contribution in [3.8, 4) is 0 Å². The molecule has 2 aliphatic rings. The van der Waals surface area contributed by atoms with E-state index in [0.717, 1.165) is 17.1 Å². The standard InChI is InChI=1S/C24H32ClN7O2/c1-15(2)26-11-19(17-5-7-18(25)8-6-17)24(34)32-10-9-31(12-16(32)3)23-21-22(27-14-28-23)29-20(33)13-30(21)4/h5-8,14-16,19,26H,9-13H2,1-4H3,(H,27,28,29,33)/t16-,19+/m0/s1. The Labute approximate surface area is 205 Å². The zero-order valence-corrected chi connectivity index (χ0v) is 20.8. The summed E-state index contributed by atoms with van der Waals surface area (Å²) in [4.78, 5) is 40.4. The number of piperazine rings is 1. The minimum absolute atomic E-state index is 0.01000. The number of hydrogen-bond acceptors (Lipinski definition) is 7. The molecule has 1 aromatic heterocycles. The molecular formula is C24H32ClN7O2. The van der Waals surface area contributed by atoms with Crippen LogP contribution in [0.4, 0.5) is 17.3 Å². The summed E-state index contributed by atoms with van der Waals surface area (Å²) in [6, 6.07) is 7.81. The highest BCUT2D eigenvalue weighted by molar-refractivity contribution is 6.30. The Morgan fingerprint density at radius 2 is 1.97 bits per heavy atom. The molecule has 3 heterocycles. The zero-order chi connectivity index (χ0) is 24.4. The highest BCUT2D eigenvalue weighted by atomic mass is 35.5. The lowest BCUT2D eigenvalue weighted by atomic mass is 9.96. The first kappa shape index (κ1) is 24.2. The molecule has 0 bridgehead atoms. The molecule has 0 saturated carbocycles. The minimum Gasteiger partial charge on any atom is -0.359 e. The maximum absolute atomic E-state index is 13.7. The van der Waals surface area contributed by atoms with Gasteiger partial charge in [0.25, 0.3) is 0 Å². The van der Waals surface area contributed by atoms with Gasteiger partial charge in [0.05, 0.1) is 12.5 Å². The van der Waals surface area contributed by atoms with E-state index in [1.54, 1.807) is 0 Å². The molecule has 2 amide bonds. The Hall–Kier alpha value is -2.91. The number of rotatable bonds is 6. The second-order valence-electron chi connectivity index (χ2n) is 9.29. The topological polar surface area (TPSA) is 93.7 Å². The Morgan fingerprint density at radius 1 is 1.24 bits per heavy atom. The van der Waals surface area contributed by atoms with E-state index in [0.29, 0.717) is 37.0 Å². The van der Waals surface area contributed by atoms with E-state index in [2.05, 4.69) is 46.3 Å². The number of nitrogens with zero attached hydrogens (tertiary/aromatic N) is 5. The quantitative estimate of drug-likeness (QED) is 0.648. The first-order valence-electron chi connectivity index (χ1n) is 11.6. The monoisotopic (exact) mass is 485 g/mol. The number of nitrogens with one attached hydrogen (secondary N) is 2. The van der Waals surface area contributed by atoms with Gasteiger partial charge in [0.1, 0.15) is 12.0 Å². The number of halogens is 1. The van der Waals surface area contributed by atoms with Crippen molar-refractivity contribution in [2.75, 3.05) is 54.9 Å². The third kappa shape index (κ3) is 5.10. The Bertz CT molecular complexity index is 1050. The molecule has 9 nitrogen and oxygen atoms in total. The smallest absolute Gasteiger partial charge is 0.245 e. The number of hydrogen-bond donors (Lipinski definition) is 2. The van der Waals surface area contributed by atoms with Gasteiger partial charge in [-0.2, -0.15) is 0 Å². The van der Waals surface area contributed by atoms with Crippen molar-refractivity contribution >= 4 is 40.7 Å². The first-order valence-corrected chi connectivity index (χ1v) is 12.0. The number of amides is 2. The average Bonchev–Trinajstić information content (AvgIpc) is 2.79. The van der Waals surface area contributed by atoms with Gasteiger partial charge < -0.3 is 25.3 Å². The molecule has 2 atom stereocenters.